The first-order valence-electron chi connectivity index (χ1n) is 5.58. The minimum absolute atomic E-state index is 0.0463. The molecular weight excluding hydrogens is 288 g/mol. The molecule has 1 atom stereocenters. The zero-order valence-corrected chi connectivity index (χ0v) is 12.3. The fourth-order valence-corrected chi connectivity index (χ4v) is 2.58. The van der Waals surface area contributed by atoms with Crippen LogP contribution in [-0.4, -0.2) is 42.5 Å². The standard InChI is InChI=1S/C11H16N2O4S2/c1-8(18-2)5-6-13-19(16,17)10-4-3-9(7-12-10)11(14)15/h3-4,7-8,13H,5-6H2,1-2H3,(H,14,15). The van der Waals surface area contributed by atoms with Crippen molar-refractivity contribution in [2.45, 2.75) is 23.6 Å². The monoisotopic (exact) mass is 304 g/mol. The number of hydrogen-bond donors (Lipinski definition) is 2. The molecule has 0 fully saturated rings. The number of aromatic carboxylic acids is 1. The summed E-state index contributed by atoms with van der Waals surface area (Å²) in [6.45, 7) is 2.34. The molecule has 0 spiro atoms. The summed E-state index contributed by atoms with van der Waals surface area (Å²) in [5, 5.41) is 8.89. The SMILES string of the molecule is CSC(C)CCNS(=O)(=O)c1ccc(C(=O)O)cn1. The number of aromatic nitrogens is 1. The van der Waals surface area contributed by atoms with E-state index in [1.807, 2.05) is 13.2 Å². The zero-order valence-electron chi connectivity index (χ0n) is 10.7. The van der Waals surface area contributed by atoms with Gasteiger partial charge in [0.05, 0.1) is 5.56 Å². The second-order valence-corrected chi connectivity index (χ2v) is 6.91. The van der Waals surface area contributed by atoms with Gasteiger partial charge in [-0.25, -0.2) is 22.9 Å². The van der Waals surface area contributed by atoms with E-state index < -0.39 is 16.0 Å². The summed E-state index contributed by atoms with van der Waals surface area (Å²) in [5.74, 6) is -1.14. The number of carbonyl (C=O) groups is 1. The van der Waals surface area contributed by atoms with Crippen molar-refractivity contribution in [2.75, 3.05) is 12.8 Å². The summed E-state index contributed by atoms with van der Waals surface area (Å²) in [7, 11) is -3.67. The van der Waals surface area contributed by atoms with E-state index in [0.29, 0.717) is 18.2 Å². The Balaban J connectivity index is 2.69. The van der Waals surface area contributed by atoms with E-state index in [-0.39, 0.29) is 10.6 Å². The van der Waals surface area contributed by atoms with Crippen LogP contribution in [0.3, 0.4) is 0 Å². The van der Waals surface area contributed by atoms with Crippen LogP contribution in [0.5, 0.6) is 0 Å². The Morgan fingerprint density at radius 3 is 2.68 bits per heavy atom. The van der Waals surface area contributed by atoms with Gasteiger partial charge in [-0.05, 0) is 24.8 Å². The number of nitrogens with zero attached hydrogens (tertiary/aromatic N) is 1. The van der Waals surface area contributed by atoms with Crippen LogP contribution in [0.4, 0.5) is 0 Å². The van der Waals surface area contributed by atoms with Gasteiger partial charge < -0.3 is 5.11 Å². The van der Waals surface area contributed by atoms with Crippen molar-refractivity contribution in [3.05, 3.63) is 23.9 Å². The van der Waals surface area contributed by atoms with E-state index in [0.717, 1.165) is 6.20 Å². The first-order valence-corrected chi connectivity index (χ1v) is 8.35. The summed E-state index contributed by atoms with van der Waals surface area (Å²) in [5.41, 5.74) is -0.0463. The Hall–Kier alpha value is -1.12. The van der Waals surface area contributed by atoms with Gasteiger partial charge in [0.15, 0.2) is 5.03 Å². The molecule has 1 aromatic rings. The molecule has 0 bridgehead atoms. The van der Waals surface area contributed by atoms with Crippen molar-refractivity contribution in [2.24, 2.45) is 0 Å². The molecule has 1 aromatic heterocycles. The fraction of sp³-hybridized carbons (Fsp3) is 0.455. The maximum absolute atomic E-state index is 11.9. The van der Waals surface area contributed by atoms with Crippen LogP contribution in [0.2, 0.25) is 0 Å². The number of pyridine rings is 1. The summed E-state index contributed by atoms with van der Waals surface area (Å²) < 4.78 is 26.1. The number of hydrogen-bond acceptors (Lipinski definition) is 5. The smallest absolute Gasteiger partial charge is 0.337 e. The van der Waals surface area contributed by atoms with Crippen LogP contribution < -0.4 is 4.72 Å². The molecule has 2 N–H and O–H groups in total. The quantitative estimate of drug-likeness (QED) is 0.785. The molecule has 0 aliphatic rings. The first kappa shape index (κ1) is 15.9. The molecule has 106 valence electrons. The van der Waals surface area contributed by atoms with Gasteiger partial charge in [-0.2, -0.15) is 11.8 Å². The minimum atomic E-state index is -3.67. The molecule has 0 aromatic carbocycles. The van der Waals surface area contributed by atoms with Crippen molar-refractivity contribution in [1.29, 1.82) is 0 Å². The molecular formula is C11H16N2O4S2. The van der Waals surface area contributed by atoms with Gasteiger partial charge in [0.2, 0.25) is 0 Å². The molecule has 0 amide bonds. The van der Waals surface area contributed by atoms with Gasteiger partial charge in [0.1, 0.15) is 0 Å². The van der Waals surface area contributed by atoms with Gasteiger partial charge in [-0.15, -0.1) is 0 Å². The van der Waals surface area contributed by atoms with Crippen LogP contribution in [-0.2, 0) is 10.0 Å². The van der Waals surface area contributed by atoms with Crippen molar-refractivity contribution in [1.82, 2.24) is 9.71 Å². The number of sulfonamides is 1. The molecule has 0 saturated heterocycles. The predicted octanol–water partition coefficient (Wildman–Crippen LogP) is 1.20. The Bertz CT molecular complexity index is 528. The lowest BCUT2D eigenvalue weighted by atomic mass is 10.3. The third-order valence-electron chi connectivity index (χ3n) is 2.50. The number of rotatable bonds is 7. The summed E-state index contributed by atoms with van der Waals surface area (Å²) in [4.78, 5) is 14.3. The van der Waals surface area contributed by atoms with E-state index in [2.05, 4.69) is 9.71 Å². The average Bonchev–Trinajstić information content (AvgIpc) is 2.38. The predicted molar refractivity (Wildman–Crippen MR) is 74.0 cm³/mol. The van der Waals surface area contributed by atoms with E-state index in [1.54, 1.807) is 11.8 Å². The molecule has 1 rings (SSSR count). The highest BCUT2D eigenvalue weighted by atomic mass is 32.2. The van der Waals surface area contributed by atoms with E-state index in [4.69, 9.17) is 5.11 Å². The maximum Gasteiger partial charge on any atom is 0.337 e. The van der Waals surface area contributed by atoms with E-state index in [9.17, 15) is 13.2 Å². The van der Waals surface area contributed by atoms with Crippen molar-refractivity contribution in [3.63, 3.8) is 0 Å². The van der Waals surface area contributed by atoms with Crippen molar-refractivity contribution >= 4 is 27.8 Å². The molecule has 6 nitrogen and oxygen atoms in total. The van der Waals surface area contributed by atoms with Gasteiger partial charge >= 0.3 is 5.97 Å². The van der Waals surface area contributed by atoms with E-state index in [1.165, 1.54) is 12.1 Å². The average molecular weight is 304 g/mol. The number of nitrogens with one attached hydrogen (secondary N) is 1. The molecule has 8 heteroatoms. The highest BCUT2D eigenvalue weighted by molar-refractivity contribution is 7.99. The second-order valence-electron chi connectivity index (χ2n) is 3.92. The molecule has 0 radical (unpaired) electrons. The van der Waals surface area contributed by atoms with Crippen LogP contribution in [0.1, 0.15) is 23.7 Å². The molecule has 0 aliphatic heterocycles. The van der Waals surface area contributed by atoms with Gasteiger partial charge in [0, 0.05) is 18.0 Å². The normalized spacial score (nSPS) is 13.2. The third-order valence-corrected chi connectivity index (χ3v) is 4.92. The Kier molecular flexibility index (Phi) is 5.77. The molecule has 1 unspecified atom stereocenters. The Morgan fingerprint density at radius 2 is 2.21 bits per heavy atom. The Labute approximate surface area is 116 Å². The lowest BCUT2D eigenvalue weighted by Gasteiger charge is -2.09. The molecule has 1 heterocycles. The molecule has 0 aliphatic carbocycles. The first-order chi connectivity index (χ1) is 8.86. The lowest BCUT2D eigenvalue weighted by molar-refractivity contribution is 0.0696. The topological polar surface area (TPSA) is 96.4 Å². The van der Waals surface area contributed by atoms with Crippen LogP contribution in [0, 0.1) is 0 Å². The minimum Gasteiger partial charge on any atom is -0.478 e. The highest BCUT2D eigenvalue weighted by Gasteiger charge is 2.16. The summed E-state index contributed by atoms with van der Waals surface area (Å²) in [6, 6.07) is 2.40. The summed E-state index contributed by atoms with van der Waals surface area (Å²) >= 11 is 1.66. The zero-order chi connectivity index (χ0) is 14.5. The van der Waals surface area contributed by atoms with Gasteiger partial charge in [0.25, 0.3) is 10.0 Å². The molecule has 19 heavy (non-hydrogen) atoms. The van der Waals surface area contributed by atoms with Crippen LogP contribution in [0.15, 0.2) is 23.4 Å². The fourth-order valence-electron chi connectivity index (χ4n) is 1.25. The lowest BCUT2D eigenvalue weighted by Crippen LogP contribution is -2.27. The van der Waals surface area contributed by atoms with E-state index >= 15 is 0 Å². The van der Waals surface area contributed by atoms with Crippen molar-refractivity contribution < 1.29 is 18.3 Å². The number of carboxylic acid groups (broad SMARTS) is 1. The third kappa shape index (κ3) is 4.81. The number of carboxylic acids is 1. The number of thioether (sulfide) groups is 1. The summed E-state index contributed by atoms with van der Waals surface area (Å²) in [6.07, 6.45) is 3.71. The highest BCUT2D eigenvalue weighted by Crippen LogP contribution is 2.10. The maximum atomic E-state index is 11.9. The Morgan fingerprint density at radius 1 is 1.53 bits per heavy atom. The van der Waals surface area contributed by atoms with Crippen molar-refractivity contribution in [3.8, 4) is 0 Å². The van der Waals surface area contributed by atoms with Crippen LogP contribution in [0.25, 0.3) is 0 Å². The second kappa shape index (κ2) is 6.88. The molecule has 0 saturated carbocycles. The van der Waals surface area contributed by atoms with Gasteiger partial charge in [-0.3, -0.25) is 0 Å². The largest absolute Gasteiger partial charge is 0.478 e. The van der Waals surface area contributed by atoms with Gasteiger partial charge in [-0.1, -0.05) is 6.92 Å². The van der Waals surface area contributed by atoms with Crippen LogP contribution >= 0.6 is 11.8 Å².